The van der Waals surface area contributed by atoms with Crippen LogP contribution in [0.4, 0.5) is 10.5 Å². The number of hydrogen-bond acceptors (Lipinski definition) is 5. The van der Waals surface area contributed by atoms with Gasteiger partial charge in [-0.05, 0) is 67.5 Å². The third-order valence-corrected chi connectivity index (χ3v) is 4.69. The molecule has 0 saturated carbocycles. The normalized spacial score (nSPS) is 11.9. The fourth-order valence-corrected chi connectivity index (χ4v) is 2.95. The SMILES string of the molecule is CSc1ccc(NC(=O)O[C@H](CCC/C=C/C(=O)O)c2ccc(O)cc2)cc1. The van der Waals surface area contributed by atoms with E-state index in [0.717, 1.165) is 16.5 Å². The molecule has 1 atom stereocenters. The zero-order valence-electron chi connectivity index (χ0n) is 15.5. The van der Waals surface area contributed by atoms with Crippen molar-refractivity contribution in [2.75, 3.05) is 11.6 Å². The Morgan fingerprint density at radius 2 is 1.82 bits per heavy atom. The number of carbonyl (C=O) groups is 2. The summed E-state index contributed by atoms with van der Waals surface area (Å²) in [5.41, 5.74) is 1.39. The van der Waals surface area contributed by atoms with Crippen molar-refractivity contribution in [1.29, 1.82) is 0 Å². The minimum atomic E-state index is -0.988. The van der Waals surface area contributed by atoms with E-state index in [-0.39, 0.29) is 5.75 Å². The highest BCUT2D eigenvalue weighted by atomic mass is 32.2. The van der Waals surface area contributed by atoms with Gasteiger partial charge in [-0.25, -0.2) is 9.59 Å². The van der Waals surface area contributed by atoms with Crippen LogP contribution >= 0.6 is 11.8 Å². The van der Waals surface area contributed by atoms with E-state index in [9.17, 15) is 14.7 Å². The Kier molecular flexibility index (Phi) is 8.42. The first kappa shape index (κ1) is 21.4. The molecule has 2 aromatic carbocycles. The number of phenols is 1. The lowest BCUT2D eigenvalue weighted by atomic mass is 10.0. The maximum atomic E-state index is 12.3. The zero-order chi connectivity index (χ0) is 20.4. The fraction of sp³-hybridized carbons (Fsp3) is 0.238. The maximum absolute atomic E-state index is 12.3. The van der Waals surface area contributed by atoms with Gasteiger partial charge in [0.15, 0.2) is 0 Å². The van der Waals surface area contributed by atoms with Gasteiger partial charge in [0.2, 0.25) is 0 Å². The number of carboxylic acids is 1. The summed E-state index contributed by atoms with van der Waals surface area (Å²) in [6.45, 7) is 0. The number of anilines is 1. The number of nitrogens with one attached hydrogen (secondary N) is 1. The number of hydrogen-bond donors (Lipinski definition) is 3. The van der Waals surface area contributed by atoms with Gasteiger partial charge in [0.25, 0.3) is 0 Å². The standard InChI is InChI=1S/C21H23NO5S/c1-28-18-13-9-16(10-14-18)22-21(26)27-19(5-3-2-4-6-20(24)25)15-7-11-17(23)12-8-15/h4,6-14,19,23H,2-3,5H2,1H3,(H,22,26)(H,24,25)/b6-4+/t19-/m1/s1. The van der Waals surface area contributed by atoms with Gasteiger partial charge in [0.1, 0.15) is 11.9 Å². The number of rotatable bonds is 9. The molecule has 2 aromatic rings. The van der Waals surface area contributed by atoms with Crippen molar-refractivity contribution in [2.24, 2.45) is 0 Å². The van der Waals surface area contributed by atoms with E-state index in [1.807, 2.05) is 18.4 Å². The molecule has 0 aromatic heterocycles. The average molecular weight is 401 g/mol. The molecular weight excluding hydrogens is 378 g/mol. The van der Waals surface area contributed by atoms with Crippen LogP contribution in [0.2, 0.25) is 0 Å². The molecule has 1 amide bonds. The maximum Gasteiger partial charge on any atom is 0.412 e. The highest BCUT2D eigenvalue weighted by Gasteiger charge is 2.17. The van der Waals surface area contributed by atoms with E-state index in [1.165, 1.54) is 12.1 Å². The third kappa shape index (κ3) is 7.36. The van der Waals surface area contributed by atoms with Crippen molar-refractivity contribution in [3.63, 3.8) is 0 Å². The second kappa shape index (κ2) is 11.0. The highest BCUT2D eigenvalue weighted by Crippen LogP contribution is 2.26. The van der Waals surface area contributed by atoms with Gasteiger partial charge < -0.3 is 14.9 Å². The summed E-state index contributed by atoms with van der Waals surface area (Å²) in [4.78, 5) is 23.9. The molecule has 0 radical (unpaired) electrons. The van der Waals surface area contributed by atoms with Crippen LogP contribution in [0.3, 0.4) is 0 Å². The summed E-state index contributed by atoms with van der Waals surface area (Å²) >= 11 is 1.61. The molecule has 0 aliphatic heterocycles. The van der Waals surface area contributed by atoms with Crippen molar-refractivity contribution in [2.45, 2.75) is 30.3 Å². The molecule has 0 unspecified atom stereocenters. The Morgan fingerprint density at radius 3 is 2.43 bits per heavy atom. The van der Waals surface area contributed by atoms with Crippen LogP contribution in [0.15, 0.2) is 65.6 Å². The molecule has 3 N–H and O–H groups in total. The van der Waals surface area contributed by atoms with Gasteiger partial charge in [-0.3, -0.25) is 5.32 Å². The van der Waals surface area contributed by atoms with Crippen LogP contribution in [0, 0.1) is 0 Å². The number of phenolic OH excluding ortho intramolecular Hbond substituents is 1. The highest BCUT2D eigenvalue weighted by molar-refractivity contribution is 7.98. The predicted octanol–water partition coefficient (Wildman–Crippen LogP) is 5.22. The van der Waals surface area contributed by atoms with Crippen LogP contribution in [-0.2, 0) is 9.53 Å². The summed E-state index contributed by atoms with van der Waals surface area (Å²) in [6, 6.07) is 13.9. The smallest absolute Gasteiger partial charge is 0.412 e. The summed E-state index contributed by atoms with van der Waals surface area (Å²) in [7, 11) is 0. The minimum Gasteiger partial charge on any atom is -0.508 e. The lowest BCUT2D eigenvalue weighted by Crippen LogP contribution is -2.17. The molecule has 0 aliphatic rings. The predicted molar refractivity (Wildman–Crippen MR) is 110 cm³/mol. The Balaban J connectivity index is 1.99. The van der Waals surface area contributed by atoms with Crippen molar-refractivity contribution in [1.82, 2.24) is 0 Å². The molecule has 0 fully saturated rings. The monoisotopic (exact) mass is 401 g/mol. The number of amides is 1. The van der Waals surface area contributed by atoms with Crippen molar-refractivity contribution >= 4 is 29.5 Å². The molecule has 7 heteroatoms. The van der Waals surface area contributed by atoms with Gasteiger partial charge in [-0.2, -0.15) is 0 Å². The molecule has 148 valence electrons. The number of thioether (sulfide) groups is 1. The second-order valence-corrected chi connectivity index (χ2v) is 6.89. The van der Waals surface area contributed by atoms with Gasteiger partial charge in [0, 0.05) is 16.7 Å². The average Bonchev–Trinajstić information content (AvgIpc) is 2.68. The first-order valence-corrected chi connectivity index (χ1v) is 10.0. The van der Waals surface area contributed by atoms with E-state index in [4.69, 9.17) is 9.84 Å². The Labute approximate surface area is 168 Å². The zero-order valence-corrected chi connectivity index (χ0v) is 16.3. The quantitative estimate of drug-likeness (QED) is 0.303. The first-order chi connectivity index (χ1) is 13.5. The summed E-state index contributed by atoms with van der Waals surface area (Å²) in [5.74, 6) is -0.858. The Hall–Kier alpha value is -2.93. The molecule has 0 aliphatic carbocycles. The van der Waals surface area contributed by atoms with Crippen molar-refractivity contribution in [3.8, 4) is 5.75 Å². The van der Waals surface area contributed by atoms with Crippen LogP contribution in [0.25, 0.3) is 0 Å². The van der Waals surface area contributed by atoms with Crippen molar-refractivity contribution < 1.29 is 24.5 Å². The first-order valence-electron chi connectivity index (χ1n) is 8.78. The summed E-state index contributed by atoms with van der Waals surface area (Å²) < 4.78 is 5.59. The molecule has 0 bridgehead atoms. The van der Waals surface area contributed by atoms with Crippen LogP contribution in [0.5, 0.6) is 5.75 Å². The van der Waals surface area contributed by atoms with Gasteiger partial charge in [-0.15, -0.1) is 11.8 Å². The number of benzene rings is 2. The number of unbranched alkanes of at least 4 members (excludes halogenated alkanes) is 1. The van der Waals surface area contributed by atoms with Crippen LogP contribution in [-0.4, -0.2) is 28.5 Å². The topological polar surface area (TPSA) is 95.9 Å². The lowest BCUT2D eigenvalue weighted by Gasteiger charge is -2.19. The van der Waals surface area contributed by atoms with Gasteiger partial charge in [0.05, 0.1) is 0 Å². The molecule has 28 heavy (non-hydrogen) atoms. The Morgan fingerprint density at radius 1 is 1.14 bits per heavy atom. The number of carboxylic acid groups (broad SMARTS) is 1. The minimum absolute atomic E-state index is 0.130. The van der Waals surface area contributed by atoms with E-state index in [2.05, 4.69) is 5.32 Å². The number of aromatic hydroxyl groups is 1. The van der Waals surface area contributed by atoms with Crippen LogP contribution < -0.4 is 5.32 Å². The molecule has 6 nitrogen and oxygen atoms in total. The third-order valence-electron chi connectivity index (χ3n) is 3.95. The van der Waals surface area contributed by atoms with E-state index in [1.54, 1.807) is 42.1 Å². The van der Waals surface area contributed by atoms with E-state index >= 15 is 0 Å². The number of carbonyl (C=O) groups excluding carboxylic acids is 1. The number of aliphatic carboxylic acids is 1. The Bertz CT molecular complexity index is 803. The van der Waals surface area contributed by atoms with Crippen LogP contribution in [0.1, 0.15) is 30.9 Å². The number of allylic oxidation sites excluding steroid dienone is 1. The van der Waals surface area contributed by atoms with Crippen molar-refractivity contribution in [3.05, 3.63) is 66.2 Å². The molecule has 0 heterocycles. The fourth-order valence-electron chi connectivity index (χ4n) is 2.54. The summed E-state index contributed by atoms with van der Waals surface area (Å²) in [6.07, 6.45) is 5.29. The molecule has 0 saturated heterocycles. The summed E-state index contributed by atoms with van der Waals surface area (Å²) in [5, 5.41) is 20.8. The lowest BCUT2D eigenvalue weighted by molar-refractivity contribution is -0.131. The van der Waals surface area contributed by atoms with Gasteiger partial charge in [-0.1, -0.05) is 18.2 Å². The number of ether oxygens (including phenoxy) is 1. The van der Waals surface area contributed by atoms with E-state index < -0.39 is 18.2 Å². The van der Waals surface area contributed by atoms with Gasteiger partial charge >= 0.3 is 12.1 Å². The second-order valence-electron chi connectivity index (χ2n) is 6.01. The van der Waals surface area contributed by atoms with E-state index in [0.29, 0.717) is 24.9 Å². The molecule has 2 rings (SSSR count). The largest absolute Gasteiger partial charge is 0.508 e. The molecule has 0 spiro atoms. The molecular formula is C21H23NO5S.